The van der Waals surface area contributed by atoms with E-state index in [4.69, 9.17) is 0 Å². The van der Waals surface area contributed by atoms with Crippen LogP contribution in [0, 0.1) is 0 Å². The molecule has 2 saturated heterocycles. The third-order valence-corrected chi connectivity index (χ3v) is 4.83. The lowest BCUT2D eigenvalue weighted by Gasteiger charge is -2.35. The van der Waals surface area contributed by atoms with Crippen LogP contribution in [0.2, 0.25) is 0 Å². The molecule has 1 aromatic rings. The molecule has 2 amide bonds. The van der Waals surface area contributed by atoms with Crippen LogP contribution in [0.5, 0.6) is 0 Å². The monoisotopic (exact) mass is 334 g/mol. The topological polar surface area (TPSA) is 74.6 Å². The van der Waals surface area contributed by atoms with Gasteiger partial charge >= 0.3 is 0 Å². The minimum absolute atomic E-state index is 0.0844. The van der Waals surface area contributed by atoms with Gasteiger partial charge in [0.05, 0.1) is 13.1 Å². The Hall–Kier alpha value is -1.96. The standard InChI is InChI=1S/C16H26N6O2/c23-15-4-2-1-3-5-21(15)12-16(24)20-9-6-19(7-10-20)8-11-22-14-17-13-18-22/h13-14H,1-12H2. The van der Waals surface area contributed by atoms with E-state index in [1.165, 1.54) is 0 Å². The van der Waals surface area contributed by atoms with Crippen molar-refractivity contribution in [3.8, 4) is 0 Å². The lowest BCUT2D eigenvalue weighted by atomic mass is 10.2. The summed E-state index contributed by atoms with van der Waals surface area (Å²) in [5, 5.41) is 4.10. The normalized spacial score (nSPS) is 20.2. The van der Waals surface area contributed by atoms with Crippen LogP contribution in [0.25, 0.3) is 0 Å². The molecule has 0 aliphatic carbocycles. The highest BCUT2D eigenvalue weighted by Crippen LogP contribution is 2.12. The van der Waals surface area contributed by atoms with Crippen LogP contribution in [0.3, 0.4) is 0 Å². The molecule has 24 heavy (non-hydrogen) atoms. The average molecular weight is 334 g/mol. The van der Waals surface area contributed by atoms with Crippen LogP contribution < -0.4 is 0 Å². The summed E-state index contributed by atoms with van der Waals surface area (Å²) in [6, 6.07) is 0. The fraction of sp³-hybridized carbons (Fsp3) is 0.750. The van der Waals surface area contributed by atoms with E-state index in [-0.39, 0.29) is 18.4 Å². The van der Waals surface area contributed by atoms with Crippen molar-refractivity contribution in [3.05, 3.63) is 12.7 Å². The maximum absolute atomic E-state index is 12.5. The van der Waals surface area contributed by atoms with Gasteiger partial charge in [0.2, 0.25) is 11.8 Å². The van der Waals surface area contributed by atoms with Gasteiger partial charge in [-0.15, -0.1) is 0 Å². The number of rotatable bonds is 5. The van der Waals surface area contributed by atoms with Crippen LogP contribution >= 0.6 is 0 Å². The molecule has 0 atom stereocenters. The number of hydrogen-bond donors (Lipinski definition) is 0. The van der Waals surface area contributed by atoms with E-state index in [2.05, 4.69) is 15.0 Å². The van der Waals surface area contributed by atoms with E-state index in [0.717, 1.165) is 65.1 Å². The Balaban J connectivity index is 1.40. The van der Waals surface area contributed by atoms with Gasteiger partial charge in [0.15, 0.2) is 0 Å². The molecule has 0 radical (unpaired) electrons. The Labute approximate surface area is 142 Å². The molecule has 132 valence electrons. The van der Waals surface area contributed by atoms with Crippen molar-refractivity contribution in [2.45, 2.75) is 32.2 Å². The predicted octanol–water partition coefficient (Wildman–Crippen LogP) is -0.175. The molecule has 8 heteroatoms. The number of likely N-dealkylation sites (tertiary alicyclic amines) is 1. The van der Waals surface area contributed by atoms with Gasteiger partial charge in [-0.25, -0.2) is 4.98 Å². The van der Waals surface area contributed by atoms with Crippen molar-refractivity contribution >= 4 is 11.8 Å². The largest absolute Gasteiger partial charge is 0.339 e. The van der Waals surface area contributed by atoms with Crippen molar-refractivity contribution in [1.29, 1.82) is 0 Å². The second-order valence-electron chi connectivity index (χ2n) is 6.51. The molecule has 0 saturated carbocycles. The summed E-state index contributed by atoms with van der Waals surface area (Å²) in [5.74, 6) is 0.216. The van der Waals surface area contributed by atoms with E-state index in [0.29, 0.717) is 6.42 Å². The van der Waals surface area contributed by atoms with E-state index < -0.39 is 0 Å². The third-order valence-electron chi connectivity index (χ3n) is 4.83. The molecule has 3 heterocycles. The van der Waals surface area contributed by atoms with Crippen LogP contribution in [0.4, 0.5) is 0 Å². The van der Waals surface area contributed by atoms with E-state index >= 15 is 0 Å². The molecule has 2 fully saturated rings. The van der Waals surface area contributed by atoms with E-state index in [9.17, 15) is 9.59 Å². The number of amides is 2. The summed E-state index contributed by atoms with van der Waals surface area (Å²) in [5.41, 5.74) is 0. The Bertz CT molecular complexity index is 539. The zero-order chi connectivity index (χ0) is 16.8. The fourth-order valence-corrected chi connectivity index (χ4v) is 3.28. The molecule has 0 bridgehead atoms. The Morgan fingerprint density at radius 2 is 1.88 bits per heavy atom. The van der Waals surface area contributed by atoms with Gasteiger partial charge in [-0.3, -0.25) is 19.2 Å². The van der Waals surface area contributed by atoms with Crippen molar-refractivity contribution in [3.63, 3.8) is 0 Å². The lowest BCUT2D eigenvalue weighted by molar-refractivity contribution is -0.141. The minimum atomic E-state index is 0.0844. The highest BCUT2D eigenvalue weighted by atomic mass is 16.2. The minimum Gasteiger partial charge on any atom is -0.339 e. The molecule has 0 unspecified atom stereocenters. The summed E-state index contributed by atoms with van der Waals surface area (Å²) >= 11 is 0. The van der Waals surface area contributed by atoms with Gasteiger partial charge in [0.25, 0.3) is 0 Å². The first-order chi connectivity index (χ1) is 11.7. The first-order valence-electron chi connectivity index (χ1n) is 8.83. The Morgan fingerprint density at radius 3 is 2.62 bits per heavy atom. The van der Waals surface area contributed by atoms with Gasteiger partial charge in [-0.05, 0) is 12.8 Å². The van der Waals surface area contributed by atoms with Gasteiger partial charge < -0.3 is 9.80 Å². The number of hydrogen-bond acceptors (Lipinski definition) is 5. The molecular formula is C16H26N6O2. The Morgan fingerprint density at radius 1 is 1.04 bits per heavy atom. The highest BCUT2D eigenvalue weighted by Gasteiger charge is 2.25. The molecule has 0 aromatic carbocycles. The summed E-state index contributed by atoms with van der Waals surface area (Å²) < 4.78 is 1.82. The smallest absolute Gasteiger partial charge is 0.242 e. The Kier molecular flexibility index (Phi) is 5.79. The zero-order valence-electron chi connectivity index (χ0n) is 14.1. The number of carbonyl (C=O) groups excluding carboxylic acids is 2. The second kappa shape index (κ2) is 8.23. The summed E-state index contributed by atoms with van der Waals surface area (Å²) in [6.45, 7) is 5.91. The highest BCUT2D eigenvalue weighted by molar-refractivity contribution is 5.85. The molecule has 2 aliphatic rings. The maximum atomic E-state index is 12.5. The SMILES string of the molecule is O=C(CN1CCCCCC1=O)N1CCN(CCn2cncn2)CC1. The number of carbonyl (C=O) groups is 2. The number of piperazine rings is 1. The molecule has 0 spiro atoms. The maximum Gasteiger partial charge on any atom is 0.242 e. The van der Waals surface area contributed by atoms with Gasteiger partial charge in [-0.1, -0.05) is 6.42 Å². The van der Waals surface area contributed by atoms with Crippen molar-refractivity contribution in [1.82, 2.24) is 29.5 Å². The first-order valence-corrected chi connectivity index (χ1v) is 8.83. The van der Waals surface area contributed by atoms with E-state index in [1.54, 1.807) is 17.6 Å². The van der Waals surface area contributed by atoms with Crippen molar-refractivity contribution < 1.29 is 9.59 Å². The van der Waals surface area contributed by atoms with Gasteiger partial charge in [0.1, 0.15) is 12.7 Å². The summed E-state index contributed by atoms with van der Waals surface area (Å²) in [7, 11) is 0. The fourth-order valence-electron chi connectivity index (χ4n) is 3.28. The van der Waals surface area contributed by atoms with Crippen LogP contribution in [0.1, 0.15) is 25.7 Å². The molecule has 3 rings (SSSR count). The van der Waals surface area contributed by atoms with E-state index in [1.807, 2.05) is 9.58 Å². The molecule has 2 aliphatic heterocycles. The van der Waals surface area contributed by atoms with Crippen molar-refractivity contribution in [2.24, 2.45) is 0 Å². The number of nitrogens with zero attached hydrogens (tertiary/aromatic N) is 6. The van der Waals surface area contributed by atoms with Crippen molar-refractivity contribution in [2.75, 3.05) is 45.8 Å². The quantitative estimate of drug-likeness (QED) is 0.747. The van der Waals surface area contributed by atoms with Crippen LogP contribution in [0.15, 0.2) is 12.7 Å². The van der Waals surface area contributed by atoms with Gasteiger partial charge in [-0.2, -0.15) is 5.10 Å². The molecule has 0 N–H and O–H groups in total. The summed E-state index contributed by atoms with van der Waals surface area (Å²) in [4.78, 5) is 34.4. The number of aromatic nitrogens is 3. The van der Waals surface area contributed by atoms with Crippen LogP contribution in [-0.2, 0) is 16.1 Å². The molecule has 1 aromatic heterocycles. The lowest BCUT2D eigenvalue weighted by Crippen LogP contribution is -2.52. The van der Waals surface area contributed by atoms with Crippen LogP contribution in [-0.4, -0.2) is 87.1 Å². The molecule has 8 nitrogen and oxygen atoms in total. The third kappa shape index (κ3) is 4.53. The molecular weight excluding hydrogens is 308 g/mol. The predicted molar refractivity (Wildman–Crippen MR) is 88.1 cm³/mol. The average Bonchev–Trinajstić information content (AvgIpc) is 3.04. The zero-order valence-corrected chi connectivity index (χ0v) is 14.1. The summed E-state index contributed by atoms with van der Waals surface area (Å²) in [6.07, 6.45) is 6.89. The first kappa shape index (κ1) is 16.9. The second-order valence-corrected chi connectivity index (χ2v) is 6.51. The van der Waals surface area contributed by atoms with Gasteiger partial charge in [0, 0.05) is 45.7 Å².